The molecule has 2 aromatic rings. The van der Waals surface area contributed by atoms with Gasteiger partial charge in [-0.25, -0.2) is 0 Å². The van der Waals surface area contributed by atoms with Gasteiger partial charge in [0.25, 0.3) is 0 Å². The lowest BCUT2D eigenvalue weighted by Gasteiger charge is -2.12. The van der Waals surface area contributed by atoms with Gasteiger partial charge in [-0.1, -0.05) is 11.6 Å². The van der Waals surface area contributed by atoms with E-state index >= 15 is 0 Å². The Kier molecular flexibility index (Phi) is 7.22. The monoisotopic (exact) mass is 422 g/mol. The van der Waals surface area contributed by atoms with Gasteiger partial charge in [-0.3, -0.25) is 4.98 Å². The van der Waals surface area contributed by atoms with Gasteiger partial charge in [0.05, 0.1) is 23.5 Å². The lowest BCUT2D eigenvalue weighted by Crippen LogP contribution is -2.17. The van der Waals surface area contributed by atoms with Crippen LogP contribution in [0.3, 0.4) is 0 Å². The van der Waals surface area contributed by atoms with Gasteiger partial charge in [0, 0.05) is 5.69 Å². The predicted octanol–water partition coefficient (Wildman–Crippen LogP) is 5.57. The summed E-state index contributed by atoms with van der Waals surface area (Å²) in [4.78, 5) is 3.77. The van der Waals surface area contributed by atoms with E-state index in [1.54, 1.807) is 0 Å². The van der Waals surface area contributed by atoms with Crippen LogP contribution in [-0.4, -0.2) is 17.7 Å². The quantitative estimate of drug-likeness (QED) is 0.640. The van der Waals surface area contributed by atoms with Crippen LogP contribution in [-0.2, 0) is 6.54 Å². The van der Waals surface area contributed by atoms with Crippen molar-refractivity contribution in [3.63, 3.8) is 0 Å². The minimum atomic E-state index is -4.86. The highest BCUT2D eigenvalue weighted by atomic mass is 35.5. The minimum Gasteiger partial charge on any atom is -0.404 e. The van der Waals surface area contributed by atoms with E-state index in [4.69, 9.17) is 11.6 Å². The summed E-state index contributed by atoms with van der Waals surface area (Å²) >= 11 is 5.70. The lowest BCUT2D eigenvalue weighted by atomic mass is 10.3. The maximum absolute atomic E-state index is 12.1. The van der Waals surface area contributed by atoms with Gasteiger partial charge < -0.3 is 14.8 Å². The number of pyridine rings is 1. The average Bonchev–Trinajstić information content (AvgIpc) is 2.46. The van der Waals surface area contributed by atoms with Crippen molar-refractivity contribution in [2.24, 2.45) is 0 Å². The molecule has 0 unspecified atom stereocenters. The molecule has 0 aliphatic rings. The number of alkyl halides is 6. The Morgan fingerprint density at radius 2 is 1.62 bits per heavy atom. The van der Waals surface area contributed by atoms with Crippen LogP contribution in [0.2, 0.25) is 5.02 Å². The van der Waals surface area contributed by atoms with Crippen molar-refractivity contribution in [1.29, 1.82) is 0 Å². The van der Waals surface area contributed by atoms with Gasteiger partial charge >= 0.3 is 12.7 Å². The summed E-state index contributed by atoms with van der Waals surface area (Å²) in [6.45, 7) is 0.0993. The van der Waals surface area contributed by atoms with Gasteiger partial charge in [-0.2, -0.15) is 0 Å². The maximum Gasteiger partial charge on any atom is 0.573 e. The zero-order valence-electron chi connectivity index (χ0n) is 12.5. The van der Waals surface area contributed by atoms with E-state index in [9.17, 15) is 26.3 Å². The minimum absolute atomic E-state index is 0. The second-order valence-corrected chi connectivity index (χ2v) is 4.99. The van der Waals surface area contributed by atoms with Crippen LogP contribution < -0.4 is 14.8 Å². The maximum atomic E-state index is 12.1. The molecule has 1 aromatic carbocycles. The number of nitrogens with one attached hydrogen (secondary N) is 1. The molecule has 1 N–H and O–H groups in total. The lowest BCUT2D eigenvalue weighted by molar-refractivity contribution is -0.275. The summed E-state index contributed by atoms with van der Waals surface area (Å²) in [5.74, 6) is -1.01. The average molecular weight is 423 g/mol. The molecule has 0 spiro atoms. The fraction of sp³-hybridized carbons (Fsp3) is 0.214. The summed E-state index contributed by atoms with van der Waals surface area (Å²) in [5.41, 5.74) is 0.748. The third-order valence-electron chi connectivity index (χ3n) is 2.66. The molecule has 4 nitrogen and oxygen atoms in total. The molecule has 2 rings (SSSR count). The summed E-state index contributed by atoms with van der Waals surface area (Å²) in [6.07, 6.45) is -8.76. The van der Waals surface area contributed by atoms with Crippen molar-refractivity contribution in [2.75, 3.05) is 5.32 Å². The number of ether oxygens (including phenoxy) is 2. The molecule has 0 saturated heterocycles. The SMILES string of the molecule is Cl.FC(F)(F)Oc1ccc(CNc2ccc(OC(F)(F)F)c(Cl)c2)nc1. The third kappa shape index (κ3) is 7.44. The molecule has 1 aromatic heterocycles. The number of nitrogens with zero attached hydrogens (tertiary/aromatic N) is 1. The molecule has 26 heavy (non-hydrogen) atoms. The molecule has 0 bridgehead atoms. The molecular weight excluding hydrogens is 413 g/mol. The van der Waals surface area contributed by atoms with Gasteiger partial charge in [-0.15, -0.1) is 38.7 Å². The topological polar surface area (TPSA) is 43.4 Å². The Labute approximate surface area is 154 Å². The molecule has 0 amide bonds. The second kappa shape index (κ2) is 8.54. The second-order valence-electron chi connectivity index (χ2n) is 4.58. The number of halogens is 8. The van der Waals surface area contributed by atoms with Gasteiger partial charge in [0.1, 0.15) is 11.5 Å². The zero-order valence-corrected chi connectivity index (χ0v) is 14.1. The van der Waals surface area contributed by atoms with E-state index in [-0.39, 0.29) is 24.0 Å². The number of rotatable bonds is 5. The molecule has 144 valence electrons. The number of hydrogen-bond acceptors (Lipinski definition) is 4. The largest absolute Gasteiger partial charge is 0.573 e. The first-order chi connectivity index (χ1) is 11.5. The van der Waals surface area contributed by atoms with Crippen molar-refractivity contribution >= 4 is 29.7 Å². The Morgan fingerprint density at radius 1 is 0.962 bits per heavy atom. The summed E-state index contributed by atoms with van der Waals surface area (Å²) in [6, 6.07) is 5.94. The number of aromatic nitrogens is 1. The number of benzene rings is 1. The summed E-state index contributed by atoms with van der Waals surface area (Å²) in [7, 11) is 0. The summed E-state index contributed by atoms with van der Waals surface area (Å²) in [5, 5.41) is 2.55. The van der Waals surface area contributed by atoms with Crippen LogP contribution in [0.15, 0.2) is 36.5 Å². The fourth-order valence-corrected chi connectivity index (χ4v) is 1.94. The van der Waals surface area contributed by atoms with Gasteiger partial charge in [0.2, 0.25) is 0 Å². The highest BCUT2D eigenvalue weighted by Gasteiger charge is 2.32. The Balaban J connectivity index is 0.00000338. The van der Waals surface area contributed by atoms with E-state index in [0.29, 0.717) is 11.4 Å². The first kappa shape index (κ1) is 22.0. The van der Waals surface area contributed by atoms with E-state index in [1.807, 2.05) is 0 Å². The zero-order chi connectivity index (χ0) is 18.7. The third-order valence-corrected chi connectivity index (χ3v) is 2.96. The van der Waals surface area contributed by atoms with E-state index < -0.39 is 24.2 Å². The molecule has 12 heteroatoms. The van der Waals surface area contributed by atoms with E-state index in [1.165, 1.54) is 18.2 Å². The van der Waals surface area contributed by atoms with Gasteiger partial charge in [0.15, 0.2) is 0 Å². The molecule has 0 radical (unpaired) electrons. The highest BCUT2D eigenvalue weighted by Crippen LogP contribution is 2.32. The van der Waals surface area contributed by atoms with Crippen molar-refractivity contribution < 1.29 is 35.8 Å². The molecule has 0 atom stereocenters. The van der Waals surface area contributed by atoms with Crippen molar-refractivity contribution in [1.82, 2.24) is 4.98 Å². The number of hydrogen-bond donors (Lipinski definition) is 1. The van der Waals surface area contributed by atoms with Crippen LogP contribution in [0.5, 0.6) is 11.5 Å². The van der Waals surface area contributed by atoms with E-state index in [2.05, 4.69) is 19.8 Å². The Morgan fingerprint density at radius 3 is 2.12 bits per heavy atom. The Bertz CT molecular complexity index is 723. The smallest absolute Gasteiger partial charge is 0.404 e. The van der Waals surface area contributed by atoms with Crippen LogP contribution in [0.25, 0.3) is 0 Å². The summed E-state index contributed by atoms with van der Waals surface area (Å²) < 4.78 is 79.9. The van der Waals surface area contributed by atoms with E-state index in [0.717, 1.165) is 18.3 Å². The Hall–Kier alpha value is -2.07. The predicted molar refractivity (Wildman–Crippen MR) is 83.6 cm³/mol. The van der Waals surface area contributed by atoms with Crippen LogP contribution in [0.4, 0.5) is 32.0 Å². The normalized spacial score (nSPS) is 11.5. The molecule has 0 aliphatic carbocycles. The first-order valence-corrected chi connectivity index (χ1v) is 6.89. The van der Waals surface area contributed by atoms with Crippen molar-refractivity contribution in [3.05, 3.63) is 47.2 Å². The van der Waals surface area contributed by atoms with Gasteiger partial charge in [-0.05, 0) is 30.3 Å². The number of anilines is 1. The molecule has 0 saturated carbocycles. The van der Waals surface area contributed by atoms with Crippen molar-refractivity contribution in [2.45, 2.75) is 19.3 Å². The van der Waals surface area contributed by atoms with Crippen LogP contribution in [0.1, 0.15) is 5.69 Å². The van der Waals surface area contributed by atoms with Crippen LogP contribution in [0, 0.1) is 0 Å². The highest BCUT2D eigenvalue weighted by molar-refractivity contribution is 6.32. The standard InChI is InChI=1S/C14H9ClF6N2O2.ClH/c15-11-5-8(2-4-12(11)25-14(19,20)21)22-6-9-1-3-10(7-23-9)24-13(16,17)18;/h1-5,7,22H,6H2;1H. The molecule has 0 aliphatic heterocycles. The molecule has 0 fully saturated rings. The first-order valence-electron chi connectivity index (χ1n) is 6.52. The molecular formula is C14H10Cl2F6N2O2. The fourth-order valence-electron chi connectivity index (χ4n) is 1.72. The van der Waals surface area contributed by atoms with Crippen LogP contribution >= 0.6 is 24.0 Å². The van der Waals surface area contributed by atoms with Crippen molar-refractivity contribution in [3.8, 4) is 11.5 Å². The molecule has 1 heterocycles.